The van der Waals surface area contributed by atoms with Gasteiger partial charge in [-0.1, -0.05) is 18.2 Å². The molecule has 0 radical (unpaired) electrons. The van der Waals surface area contributed by atoms with Crippen LogP contribution in [-0.4, -0.2) is 6.54 Å². The van der Waals surface area contributed by atoms with Gasteiger partial charge in [0.25, 0.3) is 0 Å². The van der Waals surface area contributed by atoms with Gasteiger partial charge in [-0.3, -0.25) is 0 Å². The number of para-hydroxylation sites is 1. The molecule has 1 aromatic carbocycles. The fraction of sp³-hybridized carbons (Fsp3) is 0.455. The molecule has 0 bridgehead atoms. The lowest BCUT2D eigenvalue weighted by Gasteiger charge is -2.14. The van der Waals surface area contributed by atoms with Crippen LogP contribution in [0, 0.1) is 0 Å². The van der Waals surface area contributed by atoms with Gasteiger partial charge in [0.05, 0.1) is 0 Å². The molecular formula is C11H14N2. The van der Waals surface area contributed by atoms with E-state index in [4.69, 9.17) is 5.73 Å². The Kier molecular flexibility index (Phi) is 1.29. The number of nitrogens with one attached hydrogen (secondary N) is 1. The molecule has 2 aliphatic rings. The van der Waals surface area contributed by atoms with Gasteiger partial charge in [0.15, 0.2) is 0 Å². The highest BCUT2D eigenvalue weighted by atomic mass is 14.9. The Labute approximate surface area is 78.1 Å². The summed E-state index contributed by atoms with van der Waals surface area (Å²) < 4.78 is 0. The average molecular weight is 174 g/mol. The highest BCUT2D eigenvalue weighted by molar-refractivity contribution is 5.64. The average Bonchev–Trinajstić information content (AvgIpc) is 2.72. The lowest BCUT2D eigenvalue weighted by atomic mass is 10.0. The first-order valence-electron chi connectivity index (χ1n) is 4.95. The Morgan fingerprint density at radius 1 is 1.31 bits per heavy atom. The van der Waals surface area contributed by atoms with Crippen LogP contribution in [0.1, 0.15) is 24.0 Å². The van der Waals surface area contributed by atoms with Gasteiger partial charge < -0.3 is 11.1 Å². The topological polar surface area (TPSA) is 38.0 Å². The van der Waals surface area contributed by atoms with E-state index in [0.717, 1.165) is 25.8 Å². The van der Waals surface area contributed by atoms with Crippen molar-refractivity contribution in [3.63, 3.8) is 0 Å². The van der Waals surface area contributed by atoms with Gasteiger partial charge in [-0.15, -0.1) is 0 Å². The van der Waals surface area contributed by atoms with Crippen molar-refractivity contribution in [2.75, 3.05) is 11.9 Å². The normalized spacial score (nSPS) is 22.2. The first-order valence-corrected chi connectivity index (χ1v) is 4.95. The molecule has 3 rings (SSSR count). The number of nitrogens with two attached hydrogens (primary N) is 1. The van der Waals surface area contributed by atoms with Crippen LogP contribution in [0.3, 0.4) is 0 Å². The lowest BCUT2D eigenvalue weighted by Crippen LogP contribution is -2.20. The van der Waals surface area contributed by atoms with Crippen molar-refractivity contribution in [3.8, 4) is 0 Å². The Hall–Kier alpha value is -1.02. The van der Waals surface area contributed by atoms with Crippen molar-refractivity contribution < 1.29 is 0 Å². The van der Waals surface area contributed by atoms with Gasteiger partial charge >= 0.3 is 0 Å². The molecule has 0 aromatic heterocycles. The number of anilines is 1. The summed E-state index contributed by atoms with van der Waals surface area (Å²) in [4.78, 5) is 0. The smallest absolute Gasteiger partial charge is 0.0431 e. The second-order valence-electron chi connectivity index (χ2n) is 4.17. The molecule has 1 heterocycles. The molecule has 1 aromatic rings. The van der Waals surface area contributed by atoms with E-state index < -0.39 is 0 Å². The molecular weight excluding hydrogens is 160 g/mol. The Morgan fingerprint density at radius 2 is 2.15 bits per heavy atom. The summed E-state index contributed by atoms with van der Waals surface area (Å²) in [5.41, 5.74) is 10.3. The minimum atomic E-state index is 0.00266. The SMILES string of the molecule is NC1(c2cccc3c2NCC3)CC1. The molecule has 0 unspecified atom stereocenters. The first kappa shape index (κ1) is 7.39. The maximum Gasteiger partial charge on any atom is 0.0431 e. The largest absolute Gasteiger partial charge is 0.384 e. The van der Waals surface area contributed by atoms with Gasteiger partial charge in [0, 0.05) is 17.8 Å². The summed E-state index contributed by atoms with van der Waals surface area (Å²) in [5.74, 6) is 0. The van der Waals surface area contributed by atoms with Crippen molar-refractivity contribution in [1.82, 2.24) is 0 Å². The maximum atomic E-state index is 6.20. The van der Waals surface area contributed by atoms with Crippen molar-refractivity contribution >= 4 is 5.69 Å². The number of fused-ring (bicyclic) bond motifs is 1. The summed E-state index contributed by atoms with van der Waals surface area (Å²) in [5, 5.41) is 3.44. The minimum absolute atomic E-state index is 0.00266. The van der Waals surface area contributed by atoms with E-state index in [9.17, 15) is 0 Å². The van der Waals surface area contributed by atoms with Crippen LogP contribution in [-0.2, 0) is 12.0 Å². The minimum Gasteiger partial charge on any atom is -0.384 e. The van der Waals surface area contributed by atoms with Crippen molar-refractivity contribution in [2.24, 2.45) is 5.73 Å². The van der Waals surface area contributed by atoms with Crippen LogP contribution in [0.2, 0.25) is 0 Å². The molecule has 0 spiro atoms. The fourth-order valence-corrected chi connectivity index (χ4v) is 2.16. The van der Waals surface area contributed by atoms with Crippen LogP contribution in [0.4, 0.5) is 5.69 Å². The van der Waals surface area contributed by atoms with Crippen LogP contribution < -0.4 is 11.1 Å². The number of rotatable bonds is 1. The van der Waals surface area contributed by atoms with E-state index >= 15 is 0 Å². The summed E-state index contributed by atoms with van der Waals surface area (Å²) >= 11 is 0. The second kappa shape index (κ2) is 2.26. The van der Waals surface area contributed by atoms with E-state index in [-0.39, 0.29) is 5.54 Å². The molecule has 1 saturated carbocycles. The summed E-state index contributed by atoms with van der Waals surface area (Å²) in [6.07, 6.45) is 3.44. The summed E-state index contributed by atoms with van der Waals surface area (Å²) in [6, 6.07) is 6.50. The highest BCUT2D eigenvalue weighted by Gasteiger charge is 2.42. The fourth-order valence-electron chi connectivity index (χ4n) is 2.16. The lowest BCUT2D eigenvalue weighted by molar-refractivity contribution is 0.742. The molecule has 0 amide bonds. The van der Waals surface area contributed by atoms with Crippen molar-refractivity contribution in [1.29, 1.82) is 0 Å². The molecule has 0 saturated heterocycles. The maximum absolute atomic E-state index is 6.20. The van der Waals surface area contributed by atoms with E-state index in [2.05, 4.69) is 23.5 Å². The van der Waals surface area contributed by atoms with Gasteiger partial charge in [0.2, 0.25) is 0 Å². The van der Waals surface area contributed by atoms with E-state index in [1.54, 1.807) is 0 Å². The van der Waals surface area contributed by atoms with E-state index in [0.29, 0.717) is 0 Å². The zero-order valence-electron chi connectivity index (χ0n) is 7.64. The van der Waals surface area contributed by atoms with Gasteiger partial charge in [-0.25, -0.2) is 0 Å². The highest BCUT2D eigenvalue weighted by Crippen LogP contribution is 2.47. The van der Waals surface area contributed by atoms with Crippen LogP contribution >= 0.6 is 0 Å². The van der Waals surface area contributed by atoms with Gasteiger partial charge in [-0.2, -0.15) is 0 Å². The van der Waals surface area contributed by atoms with E-state index in [1.165, 1.54) is 16.8 Å². The third-order valence-electron chi connectivity index (χ3n) is 3.17. The predicted molar refractivity (Wildman–Crippen MR) is 53.7 cm³/mol. The quantitative estimate of drug-likeness (QED) is 0.678. The van der Waals surface area contributed by atoms with Crippen molar-refractivity contribution in [3.05, 3.63) is 29.3 Å². The molecule has 1 aliphatic heterocycles. The zero-order chi connectivity index (χ0) is 8.89. The predicted octanol–water partition coefficient (Wildman–Crippen LogP) is 1.60. The summed E-state index contributed by atoms with van der Waals surface area (Å²) in [6.45, 7) is 1.07. The zero-order valence-corrected chi connectivity index (χ0v) is 7.64. The van der Waals surface area contributed by atoms with Crippen LogP contribution in [0.25, 0.3) is 0 Å². The monoisotopic (exact) mass is 174 g/mol. The third kappa shape index (κ3) is 0.985. The molecule has 0 atom stereocenters. The van der Waals surface area contributed by atoms with Crippen molar-refractivity contribution in [2.45, 2.75) is 24.8 Å². The molecule has 13 heavy (non-hydrogen) atoms. The van der Waals surface area contributed by atoms with Gasteiger partial charge in [-0.05, 0) is 30.4 Å². The second-order valence-corrected chi connectivity index (χ2v) is 4.17. The molecule has 3 N–H and O–H groups in total. The summed E-state index contributed by atoms with van der Waals surface area (Å²) in [7, 11) is 0. The Bertz CT molecular complexity index is 353. The molecule has 2 nitrogen and oxygen atoms in total. The molecule has 1 aliphatic carbocycles. The first-order chi connectivity index (χ1) is 6.30. The Morgan fingerprint density at radius 3 is 2.92 bits per heavy atom. The number of benzene rings is 1. The molecule has 2 heteroatoms. The third-order valence-corrected chi connectivity index (χ3v) is 3.17. The van der Waals surface area contributed by atoms with E-state index in [1.807, 2.05) is 0 Å². The number of hydrogen-bond donors (Lipinski definition) is 2. The Balaban J connectivity index is 2.15. The standard InChI is InChI=1S/C11H14N2/c12-11(5-6-11)9-3-1-2-8-4-7-13-10(8)9/h1-3,13H,4-7,12H2. The molecule has 68 valence electrons. The van der Waals surface area contributed by atoms with Gasteiger partial charge in [0.1, 0.15) is 0 Å². The molecule has 1 fully saturated rings. The van der Waals surface area contributed by atoms with Crippen LogP contribution in [0.5, 0.6) is 0 Å². The number of hydrogen-bond acceptors (Lipinski definition) is 2. The van der Waals surface area contributed by atoms with Crippen LogP contribution in [0.15, 0.2) is 18.2 Å².